The van der Waals surface area contributed by atoms with E-state index in [1.165, 1.54) is 0 Å². The summed E-state index contributed by atoms with van der Waals surface area (Å²) in [5, 5.41) is 0.779. The Labute approximate surface area is 179 Å². The van der Waals surface area contributed by atoms with Gasteiger partial charge in [-0.3, -0.25) is 19.5 Å². The molecule has 156 valence electrons. The van der Waals surface area contributed by atoms with Crippen LogP contribution in [0.25, 0.3) is 10.9 Å². The van der Waals surface area contributed by atoms with Crippen molar-refractivity contribution < 1.29 is 19.1 Å². The molecule has 2 aromatic carbocycles. The quantitative estimate of drug-likeness (QED) is 0.479. The molecule has 31 heavy (non-hydrogen) atoms. The number of carbonyl (C=O) groups excluding carboxylic acids is 3. The van der Waals surface area contributed by atoms with E-state index in [-0.39, 0.29) is 25.0 Å². The van der Waals surface area contributed by atoms with Crippen molar-refractivity contribution in [3.05, 3.63) is 76.5 Å². The van der Waals surface area contributed by atoms with Gasteiger partial charge in [-0.15, -0.1) is 0 Å². The van der Waals surface area contributed by atoms with Crippen LogP contribution in [-0.2, 0) is 17.6 Å². The van der Waals surface area contributed by atoms with Crippen LogP contribution in [0.15, 0.2) is 48.5 Å². The molecule has 0 saturated heterocycles. The van der Waals surface area contributed by atoms with Crippen molar-refractivity contribution in [1.29, 1.82) is 0 Å². The number of hydrogen-bond acceptors (Lipinski definition) is 5. The Bertz CT molecular complexity index is 1200. The van der Waals surface area contributed by atoms with E-state index in [4.69, 9.17) is 9.72 Å². The van der Waals surface area contributed by atoms with E-state index in [1.54, 1.807) is 24.3 Å². The number of esters is 1. The fraction of sp³-hybridized carbons (Fsp3) is 0.280. The highest BCUT2D eigenvalue weighted by molar-refractivity contribution is 6.21. The van der Waals surface area contributed by atoms with Crippen molar-refractivity contribution in [2.24, 2.45) is 5.92 Å². The van der Waals surface area contributed by atoms with E-state index in [1.807, 2.05) is 24.3 Å². The van der Waals surface area contributed by atoms with Crippen molar-refractivity contribution in [2.45, 2.75) is 26.2 Å². The summed E-state index contributed by atoms with van der Waals surface area (Å²) in [6, 6.07) is 14.3. The highest BCUT2D eigenvalue weighted by atomic mass is 16.5. The molecule has 2 amide bonds. The summed E-state index contributed by atoms with van der Waals surface area (Å²) in [6.07, 6.45) is 2.68. The van der Waals surface area contributed by atoms with Gasteiger partial charge in [0.15, 0.2) is 0 Å². The normalized spacial score (nSPS) is 17.6. The van der Waals surface area contributed by atoms with E-state index in [2.05, 4.69) is 6.92 Å². The molecule has 2 aliphatic rings. The molecule has 0 N–H and O–H groups in total. The molecular weight excluding hydrogens is 392 g/mol. The summed E-state index contributed by atoms with van der Waals surface area (Å²) in [7, 11) is 0. The maximum atomic E-state index is 13.2. The molecule has 3 aromatic rings. The van der Waals surface area contributed by atoms with Crippen LogP contribution in [0, 0.1) is 5.92 Å². The summed E-state index contributed by atoms with van der Waals surface area (Å²) in [6.45, 7) is 2.15. The Balaban J connectivity index is 1.38. The van der Waals surface area contributed by atoms with Crippen LogP contribution in [0.2, 0.25) is 0 Å². The van der Waals surface area contributed by atoms with Crippen molar-refractivity contribution >= 4 is 28.7 Å². The average molecular weight is 414 g/mol. The van der Waals surface area contributed by atoms with E-state index >= 15 is 0 Å². The van der Waals surface area contributed by atoms with Crippen LogP contribution >= 0.6 is 0 Å². The lowest BCUT2D eigenvalue weighted by Gasteiger charge is -2.24. The van der Waals surface area contributed by atoms with Gasteiger partial charge in [-0.05, 0) is 48.9 Å². The maximum Gasteiger partial charge on any atom is 0.339 e. The molecule has 0 radical (unpaired) electrons. The van der Waals surface area contributed by atoms with Gasteiger partial charge in [-0.2, -0.15) is 0 Å². The standard InChI is InChI=1S/C25H22N2O4/c1-15-10-11-21-19(14-15)22(18-8-4-5-9-20(18)26-21)25(30)31-13-12-27-23(28)16-6-2-3-7-17(16)24(27)29/h2-9,15H,10-14H2,1H3/t15-/m0/s1. The number of hydrogen-bond donors (Lipinski definition) is 0. The fourth-order valence-corrected chi connectivity index (χ4v) is 4.54. The highest BCUT2D eigenvalue weighted by Gasteiger charge is 2.35. The lowest BCUT2D eigenvalue weighted by atomic mass is 9.84. The van der Waals surface area contributed by atoms with Crippen LogP contribution < -0.4 is 0 Å². The second-order valence-corrected chi connectivity index (χ2v) is 8.22. The molecule has 0 unspecified atom stereocenters. The topological polar surface area (TPSA) is 76.6 Å². The summed E-state index contributed by atoms with van der Waals surface area (Å²) in [5.74, 6) is -0.657. The third-order valence-corrected chi connectivity index (χ3v) is 6.14. The number of nitrogens with zero attached hydrogens (tertiary/aromatic N) is 2. The minimum Gasteiger partial charge on any atom is -0.460 e. The zero-order valence-electron chi connectivity index (χ0n) is 17.3. The lowest BCUT2D eigenvalue weighted by Crippen LogP contribution is -2.33. The van der Waals surface area contributed by atoms with Crippen molar-refractivity contribution in [2.75, 3.05) is 13.2 Å². The predicted octanol–water partition coefficient (Wildman–Crippen LogP) is 3.81. The van der Waals surface area contributed by atoms with E-state index < -0.39 is 5.97 Å². The first-order chi connectivity index (χ1) is 15.0. The number of pyridine rings is 1. The van der Waals surface area contributed by atoms with Crippen LogP contribution in [0.1, 0.15) is 55.7 Å². The SMILES string of the molecule is C[C@H]1CCc2nc3ccccc3c(C(=O)OCCN3C(=O)c4ccccc4C3=O)c2C1. The molecule has 6 heteroatoms. The Morgan fingerprint density at radius 3 is 2.48 bits per heavy atom. The minimum atomic E-state index is -0.430. The number of carbonyl (C=O) groups is 3. The van der Waals surface area contributed by atoms with Gasteiger partial charge >= 0.3 is 5.97 Å². The van der Waals surface area contributed by atoms with Gasteiger partial charge in [0.2, 0.25) is 0 Å². The molecule has 6 nitrogen and oxygen atoms in total. The van der Waals surface area contributed by atoms with Gasteiger partial charge in [-0.1, -0.05) is 37.3 Å². The van der Waals surface area contributed by atoms with Crippen LogP contribution in [-0.4, -0.2) is 40.8 Å². The molecule has 0 saturated carbocycles. The summed E-state index contributed by atoms with van der Waals surface area (Å²) in [4.78, 5) is 44.1. The highest BCUT2D eigenvalue weighted by Crippen LogP contribution is 2.32. The van der Waals surface area contributed by atoms with Crippen molar-refractivity contribution in [1.82, 2.24) is 9.88 Å². The third-order valence-electron chi connectivity index (χ3n) is 6.14. The van der Waals surface area contributed by atoms with Gasteiger partial charge in [-0.25, -0.2) is 4.79 Å². The molecule has 2 heterocycles. The van der Waals surface area contributed by atoms with Crippen LogP contribution in [0.5, 0.6) is 0 Å². The Morgan fingerprint density at radius 1 is 1.06 bits per heavy atom. The number of aromatic nitrogens is 1. The largest absolute Gasteiger partial charge is 0.460 e. The number of fused-ring (bicyclic) bond motifs is 3. The lowest BCUT2D eigenvalue weighted by molar-refractivity contribution is 0.0420. The van der Waals surface area contributed by atoms with Crippen LogP contribution in [0.4, 0.5) is 0 Å². The zero-order chi connectivity index (χ0) is 21.5. The monoisotopic (exact) mass is 414 g/mol. The molecule has 1 aliphatic heterocycles. The Morgan fingerprint density at radius 2 is 1.74 bits per heavy atom. The summed E-state index contributed by atoms with van der Waals surface area (Å²) < 4.78 is 5.58. The number of benzene rings is 2. The predicted molar refractivity (Wildman–Crippen MR) is 115 cm³/mol. The molecule has 1 aromatic heterocycles. The van der Waals surface area contributed by atoms with E-state index in [9.17, 15) is 14.4 Å². The number of amides is 2. The maximum absolute atomic E-state index is 13.2. The molecule has 0 fully saturated rings. The first-order valence-corrected chi connectivity index (χ1v) is 10.6. The number of ether oxygens (including phenoxy) is 1. The molecule has 5 rings (SSSR count). The van der Waals surface area contributed by atoms with Crippen molar-refractivity contribution in [3.8, 4) is 0 Å². The molecule has 0 bridgehead atoms. The number of imide groups is 1. The van der Waals surface area contributed by atoms with E-state index in [0.717, 1.165) is 46.3 Å². The summed E-state index contributed by atoms with van der Waals surface area (Å²) in [5.41, 5.74) is 4.05. The molecule has 1 atom stereocenters. The van der Waals surface area contributed by atoms with Crippen molar-refractivity contribution in [3.63, 3.8) is 0 Å². The van der Waals surface area contributed by atoms with Crippen LogP contribution in [0.3, 0.4) is 0 Å². The van der Waals surface area contributed by atoms with Gasteiger partial charge in [0.1, 0.15) is 6.61 Å². The first-order valence-electron chi connectivity index (χ1n) is 10.6. The second kappa shape index (κ2) is 7.61. The van der Waals surface area contributed by atoms with Gasteiger partial charge in [0, 0.05) is 11.1 Å². The average Bonchev–Trinajstić information content (AvgIpc) is 3.02. The number of para-hydroxylation sites is 1. The third kappa shape index (κ3) is 3.28. The van der Waals surface area contributed by atoms with Gasteiger partial charge in [0.25, 0.3) is 11.8 Å². The smallest absolute Gasteiger partial charge is 0.339 e. The minimum absolute atomic E-state index is 0.0275. The molecule has 0 spiro atoms. The van der Waals surface area contributed by atoms with Gasteiger partial charge < -0.3 is 4.74 Å². The zero-order valence-corrected chi connectivity index (χ0v) is 17.3. The van der Waals surface area contributed by atoms with Gasteiger partial charge in [0.05, 0.1) is 28.8 Å². The summed E-state index contributed by atoms with van der Waals surface area (Å²) >= 11 is 0. The fourth-order valence-electron chi connectivity index (χ4n) is 4.54. The molecule has 1 aliphatic carbocycles. The molecular formula is C25H22N2O4. The second-order valence-electron chi connectivity index (χ2n) is 8.22. The number of rotatable bonds is 4. The number of aryl methyl sites for hydroxylation is 1. The van der Waals surface area contributed by atoms with E-state index in [0.29, 0.717) is 22.6 Å². The Hall–Kier alpha value is -3.54. The first kappa shape index (κ1) is 19.4. The Kier molecular flexibility index (Phi) is 4.77.